The van der Waals surface area contributed by atoms with Crippen LogP contribution in [-0.4, -0.2) is 57.1 Å². The van der Waals surface area contributed by atoms with E-state index >= 15 is 0 Å². The Morgan fingerprint density at radius 3 is 2.48 bits per heavy atom. The van der Waals surface area contributed by atoms with E-state index in [1.807, 2.05) is 4.90 Å². The Morgan fingerprint density at radius 1 is 1.33 bits per heavy atom. The van der Waals surface area contributed by atoms with Crippen LogP contribution < -0.4 is 10.2 Å². The predicted octanol–water partition coefficient (Wildman–Crippen LogP) is 0.783. The molecule has 1 aliphatic rings. The first kappa shape index (κ1) is 15.6. The maximum Gasteiger partial charge on any atom is 0.404 e. The Hall–Kier alpha value is -1.80. The number of benzene rings is 1. The van der Waals surface area contributed by atoms with Gasteiger partial charge < -0.3 is 15.3 Å². The van der Waals surface area contributed by atoms with Gasteiger partial charge in [0.2, 0.25) is 10.0 Å². The molecule has 0 unspecified atom stereocenters. The average molecular weight is 313 g/mol. The molecule has 21 heavy (non-hydrogen) atoms. The molecule has 1 fully saturated rings. The highest BCUT2D eigenvalue weighted by molar-refractivity contribution is 7.89. The first-order valence-corrected chi connectivity index (χ1v) is 8.01. The van der Waals surface area contributed by atoms with Crippen molar-refractivity contribution in [3.05, 3.63) is 24.3 Å². The zero-order valence-corrected chi connectivity index (χ0v) is 12.8. The highest BCUT2D eigenvalue weighted by Gasteiger charge is 2.24. The number of nitrogens with one attached hydrogen (secondary N) is 1. The van der Waals surface area contributed by atoms with E-state index in [-0.39, 0.29) is 10.9 Å². The van der Waals surface area contributed by atoms with E-state index in [1.165, 1.54) is 18.4 Å². The van der Waals surface area contributed by atoms with Gasteiger partial charge in [-0.2, -0.15) is 0 Å². The first-order valence-electron chi connectivity index (χ1n) is 6.57. The molecule has 1 amide bonds. The van der Waals surface area contributed by atoms with E-state index in [0.717, 1.165) is 18.7 Å². The summed E-state index contributed by atoms with van der Waals surface area (Å²) in [5.41, 5.74) is 0.891. The van der Waals surface area contributed by atoms with Gasteiger partial charge in [-0.05, 0) is 30.7 Å². The summed E-state index contributed by atoms with van der Waals surface area (Å²) in [7, 11) is -0.435. The lowest BCUT2D eigenvalue weighted by atomic mass is 10.3. The van der Waals surface area contributed by atoms with Crippen LogP contribution in [0.2, 0.25) is 0 Å². The first-order chi connectivity index (χ1) is 9.80. The van der Waals surface area contributed by atoms with Crippen molar-refractivity contribution in [2.75, 3.05) is 32.1 Å². The van der Waals surface area contributed by atoms with Crippen LogP contribution in [0.3, 0.4) is 0 Å². The molecule has 116 valence electrons. The highest BCUT2D eigenvalue weighted by Crippen LogP contribution is 2.23. The summed E-state index contributed by atoms with van der Waals surface area (Å²) in [6.45, 7) is 1.33. The van der Waals surface area contributed by atoms with Crippen LogP contribution in [0.1, 0.15) is 6.42 Å². The van der Waals surface area contributed by atoms with E-state index < -0.39 is 16.1 Å². The summed E-state index contributed by atoms with van der Waals surface area (Å²) in [5.74, 6) is 0. The fraction of sp³-hybridized carbons (Fsp3) is 0.462. The van der Waals surface area contributed by atoms with Gasteiger partial charge in [-0.25, -0.2) is 17.5 Å². The van der Waals surface area contributed by atoms with Crippen molar-refractivity contribution in [2.45, 2.75) is 17.4 Å². The molecule has 2 rings (SSSR count). The van der Waals surface area contributed by atoms with Crippen molar-refractivity contribution in [3.8, 4) is 0 Å². The van der Waals surface area contributed by atoms with Crippen molar-refractivity contribution in [1.82, 2.24) is 9.62 Å². The van der Waals surface area contributed by atoms with Crippen LogP contribution >= 0.6 is 0 Å². The molecule has 1 aliphatic heterocycles. The quantitative estimate of drug-likeness (QED) is 0.857. The number of carbonyl (C=O) groups is 1. The third-order valence-electron chi connectivity index (χ3n) is 3.50. The Kier molecular flexibility index (Phi) is 4.38. The molecule has 7 nitrogen and oxygen atoms in total. The molecule has 0 aliphatic carbocycles. The Morgan fingerprint density at radius 2 is 1.95 bits per heavy atom. The van der Waals surface area contributed by atoms with E-state index in [0.29, 0.717) is 6.54 Å². The van der Waals surface area contributed by atoms with Gasteiger partial charge in [-0.3, -0.25) is 0 Å². The second kappa shape index (κ2) is 5.90. The van der Waals surface area contributed by atoms with Crippen LogP contribution in [0.5, 0.6) is 0 Å². The summed E-state index contributed by atoms with van der Waals surface area (Å²) in [6, 6.07) is 6.55. The van der Waals surface area contributed by atoms with Crippen molar-refractivity contribution >= 4 is 21.8 Å². The van der Waals surface area contributed by atoms with Crippen LogP contribution in [-0.2, 0) is 10.0 Å². The lowest BCUT2D eigenvalue weighted by Crippen LogP contribution is -2.36. The molecular formula is C13H19N3O4S. The summed E-state index contributed by atoms with van der Waals surface area (Å²) in [5, 5.41) is 11.2. The second-order valence-electron chi connectivity index (χ2n) is 5.16. The van der Waals surface area contributed by atoms with Gasteiger partial charge >= 0.3 is 6.09 Å². The average Bonchev–Trinajstić information content (AvgIpc) is 2.86. The fourth-order valence-corrected chi connectivity index (χ4v) is 3.23. The molecule has 1 aromatic carbocycles. The Balaban J connectivity index is 2.09. The molecule has 1 heterocycles. The van der Waals surface area contributed by atoms with Crippen LogP contribution in [0.25, 0.3) is 0 Å². The Bertz CT molecular complexity index is 613. The minimum atomic E-state index is -3.42. The van der Waals surface area contributed by atoms with Crippen LogP contribution in [0.15, 0.2) is 29.2 Å². The topological polar surface area (TPSA) is 90.0 Å². The summed E-state index contributed by atoms with van der Waals surface area (Å²) >= 11 is 0. The van der Waals surface area contributed by atoms with Gasteiger partial charge in [0, 0.05) is 32.9 Å². The van der Waals surface area contributed by atoms with Gasteiger partial charge in [-0.15, -0.1) is 0 Å². The summed E-state index contributed by atoms with van der Waals surface area (Å²) in [6.07, 6.45) is -0.279. The van der Waals surface area contributed by atoms with Crippen molar-refractivity contribution in [3.63, 3.8) is 0 Å². The highest BCUT2D eigenvalue weighted by atomic mass is 32.2. The zero-order valence-electron chi connectivity index (χ0n) is 12.0. The van der Waals surface area contributed by atoms with Gasteiger partial charge in [0.15, 0.2) is 0 Å². The second-order valence-corrected chi connectivity index (χ2v) is 7.31. The van der Waals surface area contributed by atoms with E-state index in [4.69, 9.17) is 5.11 Å². The lowest BCUT2D eigenvalue weighted by Gasteiger charge is -2.19. The number of anilines is 1. The molecule has 0 saturated carbocycles. The molecule has 8 heteroatoms. The fourth-order valence-electron chi connectivity index (χ4n) is 2.33. The van der Waals surface area contributed by atoms with Crippen LogP contribution in [0, 0.1) is 0 Å². The minimum Gasteiger partial charge on any atom is -0.465 e. The number of hydrogen-bond donors (Lipinski definition) is 2. The molecule has 1 saturated heterocycles. The largest absolute Gasteiger partial charge is 0.465 e. The lowest BCUT2D eigenvalue weighted by molar-refractivity contribution is 0.191. The SMILES string of the molecule is CN(C)S(=O)(=O)c1ccc(N2CC[C@H](NC(=O)O)C2)cc1. The normalized spacial score (nSPS) is 19.0. The third-order valence-corrected chi connectivity index (χ3v) is 5.33. The number of hydrogen-bond acceptors (Lipinski definition) is 4. The minimum absolute atomic E-state index is 0.0901. The summed E-state index contributed by atoms with van der Waals surface area (Å²) in [4.78, 5) is 12.9. The molecular weight excluding hydrogens is 294 g/mol. The number of rotatable bonds is 4. The number of sulfonamides is 1. The molecule has 0 aromatic heterocycles. The predicted molar refractivity (Wildman–Crippen MR) is 79.1 cm³/mol. The molecule has 2 N–H and O–H groups in total. The van der Waals surface area contributed by atoms with Gasteiger partial charge in [0.25, 0.3) is 0 Å². The smallest absolute Gasteiger partial charge is 0.404 e. The van der Waals surface area contributed by atoms with Gasteiger partial charge in [-0.1, -0.05) is 0 Å². The van der Waals surface area contributed by atoms with Gasteiger partial charge in [0.05, 0.1) is 10.9 Å². The molecule has 1 aromatic rings. The molecule has 0 spiro atoms. The zero-order chi connectivity index (χ0) is 15.6. The molecule has 0 radical (unpaired) electrons. The van der Waals surface area contributed by atoms with E-state index in [9.17, 15) is 13.2 Å². The maximum atomic E-state index is 12.0. The monoisotopic (exact) mass is 313 g/mol. The van der Waals surface area contributed by atoms with Crippen molar-refractivity contribution in [2.24, 2.45) is 0 Å². The van der Waals surface area contributed by atoms with Gasteiger partial charge in [0.1, 0.15) is 0 Å². The number of amides is 1. The number of carboxylic acid groups (broad SMARTS) is 1. The standard InChI is InChI=1S/C13H19N3O4S/c1-15(2)21(19,20)12-5-3-11(4-6-12)16-8-7-10(9-16)14-13(17)18/h3-6,10,14H,7-9H2,1-2H3,(H,17,18)/t10-/m0/s1. The van der Waals surface area contributed by atoms with E-state index in [1.54, 1.807) is 24.3 Å². The van der Waals surface area contributed by atoms with Crippen LogP contribution in [0.4, 0.5) is 10.5 Å². The maximum absolute atomic E-state index is 12.0. The summed E-state index contributed by atoms with van der Waals surface area (Å²) < 4.78 is 25.1. The van der Waals surface area contributed by atoms with E-state index in [2.05, 4.69) is 5.32 Å². The third kappa shape index (κ3) is 3.45. The Labute approximate surface area is 124 Å². The molecule has 1 atom stereocenters. The molecule has 0 bridgehead atoms. The number of nitrogens with zero attached hydrogens (tertiary/aromatic N) is 2. The van der Waals surface area contributed by atoms with Crippen molar-refractivity contribution in [1.29, 1.82) is 0 Å². The van der Waals surface area contributed by atoms with Crippen molar-refractivity contribution < 1.29 is 18.3 Å².